The first-order valence-corrected chi connectivity index (χ1v) is 8.33. The fourth-order valence-corrected chi connectivity index (χ4v) is 2.89. The van der Waals surface area contributed by atoms with E-state index in [1.165, 1.54) is 5.56 Å². The first kappa shape index (κ1) is 17.6. The van der Waals surface area contributed by atoms with Crippen molar-refractivity contribution in [2.45, 2.75) is 19.5 Å². The van der Waals surface area contributed by atoms with Crippen molar-refractivity contribution < 1.29 is 9.47 Å². The molecule has 1 atom stereocenters. The third-order valence-electron chi connectivity index (χ3n) is 3.55. The lowest BCUT2D eigenvalue weighted by Gasteiger charge is -2.17. The molecule has 0 unspecified atom stereocenters. The fraction of sp³-hybridized carbons (Fsp3) is 0.263. The SMILES string of the molecule is C=CCOc1c(Br)cc(CN[C@H](C)c2ccccc2)cc1OC. The largest absolute Gasteiger partial charge is 0.493 e. The first-order valence-electron chi connectivity index (χ1n) is 7.54. The molecule has 0 aromatic heterocycles. The second-order valence-electron chi connectivity index (χ2n) is 5.22. The summed E-state index contributed by atoms with van der Waals surface area (Å²) in [6, 6.07) is 14.7. The molecule has 0 heterocycles. The third-order valence-corrected chi connectivity index (χ3v) is 4.14. The minimum Gasteiger partial charge on any atom is -0.493 e. The van der Waals surface area contributed by atoms with E-state index in [-0.39, 0.29) is 6.04 Å². The maximum absolute atomic E-state index is 5.65. The Morgan fingerprint density at radius 1 is 1.26 bits per heavy atom. The van der Waals surface area contributed by atoms with Gasteiger partial charge in [0, 0.05) is 12.6 Å². The Morgan fingerprint density at radius 2 is 2.00 bits per heavy atom. The van der Waals surface area contributed by atoms with Crippen molar-refractivity contribution in [2.24, 2.45) is 0 Å². The van der Waals surface area contributed by atoms with Crippen LogP contribution >= 0.6 is 15.9 Å². The molecule has 3 nitrogen and oxygen atoms in total. The fourth-order valence-electron chi connectivity index (χ4n) is 2.29. The molecule has 2 aromatic rings. The van der Waals surface area contributed by atoms with Crippen LogP contribution in [-0.2, 0) is 6.54 Å². The van der Waals surface area contributed by atoms with E-state index in [0.29, 0.717) is 18.1 Å². The Kier molecular flexibility index (Phi) is 6.68. The predicted molar refractivity (Wildman–Crippen MR) is 98.1 cm³/mol. The number of benzene rings is 2. The highest BCUT2D eigenvalue weighted by Crippen LogP contribution is 2.36. The highest BCUT2D eigenvalue weighted by molar-refractivity contribution is 9.10. The van der Waals surface area contributed by atoms with Crippen LogP contribution in [0, 0.1) is 0 Å². The molecule has 2 rings (SSSR count). The molecule has 23 heavy (non-hydrogen) atoms. The molecule has 0 spiro atoms. The van der Waals surface area contributed by atoms with Gasteiger partial charge < -0.3 is 14.8 Å². The number of methoxy groups -OCH3 is 1. The topological polar surface area (TPSA) is 30.5 Å². The molecular formula is C19H22BrNO2. The number of nitrogens with one attached hydrogen (secondary N) is 1. The normalized spacial score (nSPS) is 11.8. The minimum absolute atomic E-state index is 0.276. The summed E-state index contributed by atoms with van der Waals surface area (Å²) in [6.07, 6.45) is 1.71. The van der Waals surface area contributed by atoms with Crippen molar-refractivity contribution >= 4 is 15.9 Å². The van der Waals surface area contributed by atoms with Gasteiger partial charge >= 0.3 is 0 Å². The number of hydrogen-bond donors (Lipinski definition) is 1. The summed E-state index contributed by atoms with van der Waals surface area (Å²) in [7, 11) is 1.65. The van der Waals surface area contributed by atoms with Crippen LogP contribution in [0.15, 0.2) is 59.6 Å². The van der Waals surface area contributed by atoms with Gasteiger partial charge in [-0.15, -0.1) is 0 Å². The van der Waals surface area contributed by atoms with E-state index in [9.17, 15) is 0 Å². The number of halogens is 1. The standard InChI is InChI=1S/C19H22BrNO2/c1-4-10-23-19-17(20)11-15(12-18(19)22-3)13-21-14(2)16-8-6-5-7-9-16/h4-9,11-12,14,21H,1,10,13H2,2-3H3/t14-/m1/s1. The molecule has 2 aromatic carbocycles. The quantitative estimate of drug-likeness (QED) is 0.667. The summed E-state index contributed by atoms with van der Waals surface area (Å²) < 4.78 is 12.0. The zero-order valence-electron chi connectivity index (χ0n) is 13.5. The van der Waals surface area contributed by atoms with Gasteiger partial charge in [0.25, 0.3) is 0 Å². The first-order chi connectivity index (χ1) is 11.2. The summed E-state index contributed by atoms with van der Waals surface area (Å²) in [5.74, 6) is 1.41. The monoisotopic (exact) mass is 375 g/mol. The summed E-state index contributed by atoms with van der Waals surface area (Å²) in [4.78, 5) is 0. The van der Waals surface area contributed by atoms with Gasteiger partial charge in [-0.1, -0.05) is 43.0 Å². The summed E-state index contributed by atoms with van der Waals surface area (Å²) in [5, 5.41) is 3.52. The Labute approximate surface area is 146 Å². The second kappa shape index (κ2) is 8.75. The van der Waals surface area contributed by atoms with E-state index in [2.05, 4.69) is 59.0 Å². The highest BCUT2D eigenvalue weighted by atomic mass is 79.9. The van der Waals surface area contributed by atoms with E-state index >= 15 is 0 Å². The van der Waals surface area contributed by atoms with Crippen molar-refractivity contribution in [1.29, 1.82) is 0 Å². The van der Waals surface area contributed by atoms with Crippen LogP contribution in [0.1, 0.15) is 24.1 Å². The number of hydrogen-bond acceptors (Lipinski definition) is 3. The van der Waals surface area contributed by atoms with Crippen molar-refractivity contribution in [2.75, 3.05) is 13.7 Å². The molecule has 0 amide bonds. The Morgan fingerprint density at radius 3 is 2.65 bits per heavy atom. The van der Waals surface area contributed by atoms with E-state index in [1.54, 1.807) is 13.2 Å². The molecule has 122 valence electrons. The minimum atomic E-state index is 0.276. The molecule has 0 bridgehead atoms. The lowest BCUT2D eigenvalue weighted by atomic mass is 10.1. The molecule has 0 saturated carbocycles. The van der Waals surface area contributed by atoms with Crippen LogP contribution in [0.2, 0.25) is 0 Å². The molecule has 4 heteroatoms. The van der Waals surface area contributed by atoms with Crippen LogP contribution in [0.5, 0.6) is 11.5 Å². The highest BCUT2D eigenvalue weighted by Gasteiger charge is 2.12. The lowest BCUT2D eigenvalue weighted by molar-refractivity contribution is 0.324. The van der Waals surface area contributed by atoms with Crippen molar-refractivity contribution in [1.82, 2.24) is 5.32 Å². The zero-order chi connectivity index (χ0) is 16.7. The van der Waals surface area contributed by atoms with Crippen molar-refractivity contribution in [3.8, 4) is 11.5 Å². The van der Waals surface area contributed by atoms with Gasteiger partial charge in [-0.2, -0.15) is 0 Å². The number of ether oxygens (including phenoxy) is 2. The maximum atomic E-state index is 5.65. The molecule has 0 aliphatic heterocycles. The van der Waals surface area contributed by atoms with Gasteiger partial charge in [-0.05, 0) is 46.1 Å². The van der Waals surface area contributed by atoms with Crippen molar-refractivity contribution in [3.05, 3.63) is 70.7 Å². The van der Waals surface area contributed by atoms with E-state index in [1.807, 2.05) is 18.2 Å². The lowest BCUT2D eigenvalue weighted by Crippen LogP contribution is -2.18. The summed E-state index contributed by atoms with van der Waals surface area (Å²) in [5.41, 5.74) is 2.40. The molecule has 0 aliphatic rings. The van der Waals surface area contributed by atoms with Crippen LogP contribution in [-0.4, -0.2) is 13.7 Å². The molecule has 0 radical (unpaired) electrons. The van der Waals surface area contributed by atoms with Crippen molar-refractivity contribution in [3.63, 3.8) is 0 Å². The molecular weight excluding hydrogens is 354 g/mol. The molecule has 0 fully saturated rings. The van der Waals surface area contributed by atoms with Crippen LogP contribution in [0.25, 0.3) is 0 Å². The molecule has 0 aliphatic carbocycles. The molecule has 1 N–H and O–H groups in total. The summed E-state index contributed by atoms with van der Waals surface area (Å²) in [6.45, 7) is 7.01. The van der Waals surface area contributed by atoms with Gasteiger partial charge in [0.1, 0.15) is 6.61 Å². The molecule has 0 saturated heterocycles. The van der Waals surface area contributed by atoms with Gasteiger partial charge in [-0.3, -0.25) is 0 Å². The maximum Gasteiger partial charge on any atom is 0.175 e. The van der Waals surface area contributed by atoms with E-state index in [0.717, 1.165) is 16.6 Å². The third kappa shape index (κ3) is 4.85. The van der Waals surface area contributed by atoms with Crippen LogP contribution in [0.3, 0.4) is 0 Å². The van der Waals surface area contributed by atoms with Crippen LogP contribution < -0.4 is 14.8 Å². The Hall–Kier alpha value is -1.78. The second-order valence-corrected chi connectivity index (χ2v) is 6.08. The van der Waals surface area contributed by atoms with Crippen LogP contribution in [0.4, 0.5) is 0 Å². The number of rotatable bonds is 8. The average Bonchev–Trinajstić information content (AvgIpc) is 2.59. The Bertz CT molecular complexity index is 643. The summed E-state index contributed by atoms with van der Waals surface area (Å²) >= 11 is 3.55. The van der Waals surface area contributed by atoms with Gasteiger partial charge in [-0.25, -0.2) is 0 Å². The van der Waals surface area contributed by atoms with Gasteiger partial charge in [0.05, 0.1) is 11.6 Å². The van der Waals surface area contributed by atoms with Gasteiger partial charge in [0.2, 0.25) is 0 Å². The average molecular weight is 376 g/mol. The smallest absolute Gasteiger partial charge is 0.175 e. The zero-order valence-corrected chi connectivity index (χ0v) is 15.1. The predicted octanol–water partition coefficient (Wildman–Crippen LogP) is 4.87. The van der Waals surface area contributed by atoms with E-state index in [4.69, 9.17) is 9.47 Å². The van der Waals surface area contributed by atoms with E-state index < -0.39 is 0 Å². The Balaban J connectivity index is 2.08. The van der Waals surface area contributed by atoms with Gasteiger partial charge in [0.15, 0.2) is 11.5 Å².